The molecular weight excluding hydrogens is 287 g/mol. The van der Waals surface area contributed by atoms with E-state index in [0.29, 0.717) is 5.02 Å². The predicted octanol–water partition coefficient (Wildman–Crippen LogP) is 4.47. The molecular formula is C17H20ClFN2. The van der Waals surface area contributed by atoms with Crippen molar-refractivity contribution in [2.75, 3.05) is 6.54 Å². The van der Waals surface area contributed by atoms with Gasteiger partial charge in [-0.05, 0) is 61.7 Å². The lowest BCUT2D eigenvalue weighted by molar-refractivity contribution is 0.516. The molecule has 0 aliphatic rings. The number of aryl methyl sites for hydroxylation is 1. The van der Waals surface area contributed by atoms with Crippen molar-refractivity contribution in [1.82, 2.24) is 10.3 Å². The molecule has 0 aliphatic carbocycles. The minimum Gasteiger partial charge on any atom is -0.308 e. The van der Waals surface area contributed by atoms with Gasteiger partial charge in [0.25, 0.3) is 0 Å². The number of hydrogen-bond donors (Lipinski definition) is 1. The lowest BCUT2D eigenvalue weighted by Crippen LogP contribution is -2.25. The predicted molar refractivity (Wildman–Crippen MR) is 85.1 cm³/mol. The Bertz CT molecular complexity index is 601. The second-order valence-electron chi connectivity index (χ2n) is 5.15. The zero-order valence-corrected chi connectivity index (χ0v) is 13.1. The Hall–Kier alpha value is -1.45. The first-order valence-corrected chi connectivity index (χ1v) is 7.58. The Kier molecular flexibility index (Phi) is 5.71. The quantitative estimate of drug-likeness (QED) is 0.852. The second kappa shape index (κ2) is 7.53. The molecule has 0 saturated carbocycles. The number of pyridine rings is 1. The average Bonchev–Trinajstić information content (AvgIpc) is 2.46. The van der Waals surface area contributed by atoms with Crippen LogP contribution >= 0.6 is 11.6 Å². The monoisotopic (exact) mass is 306 g/mol. The fourth-order valence-corrected chi connectivity index (χ4v) is 2.60. The Balaban J connectivity index is 2.26. The highest BCUT2D eigenvalue weighted by molar-refractivity contribution is 6.31. The first-order chi connectivity index (χ1) is 10.1. The average molecular weight is 307 g/mol. The van der Waals surface area contributed by atoms with Gasteiger partial charge in [-0.2, -0.15) is 0 Å². The highest BCUT2D eigenvalue weighted by Gasteiger charge is 2.17. The summed E-state index contributed by atoms with van der Waals surface area (Å²) in [6.07, 6.45) is 3.52. The van der Waals surface area contributed by atoms with Crippen LogP contribution in [0, 0.1) is 12.7 Å². The molecule has 2 nitrogen and oxygen atoms in total. The van der Waals surface area contributed by atoms with E-state index in [1.807, 2.05) is 25.1 Å². The van der Waals surface area contributed by atoms with Gasteiger partial charge in [0.2, 0.25) is 0 Å². The van der Waals surface area contributed by atoms with Gasteiger partial charge in [0.1, 0.15) is 5.82 Å². The highest BCUT2D eigenvalue weighted by Crippen LogP contribution is 2.25. The van der Waals surface area contributed by atoms with Gasteiger partial charge in [0, 0.05) is 6.20 Å². The van der Waals surface area contributed by atoms with E-state index in [4.69, 9.17) is 11.6 Å². The Morgan fingerprint density at radius 1 is 1.33 bits per heavy atom. The van der Waals surface area contributed by atoms with Gasteiger partial charge in [-0.25, -0.2) is 4.39 Å². The molecule has 0 bridgehead atoms. The minimum atomic E-state index is -0.204. The maximum Gasteiger partial charge on any atom is 0.123 e. The number of hydrogen-bond acceptors (Lipinski definition) is 2. The normalized spacial score (nSPS) is 12.4. The molecule has 0 spiro atoms. The van der Waals surface area contributed by atoms with Crippen LogP contribution in [0.5, 0.6) is 0 Å². The molecule has 0 fully saturated rings. The van der Waals surface area contributed by atoms with Gasteiger partial charge in [0.05, 0.1) is 16.8 Å². The smallest absolute Gasteiger partial charge is 0.123 e. The largest absolute Gasteiger partial charge is 0.308 e. The standard InChI is InChI=1S/C17H20ClFN2/c1-3-8-20-16(17-15(18)5-4-9-21-17)11-13-6-7-14(19)10-12(13)2/h4-7,9-10,16,20H,3,8,11H2,1-2H3. The van der Waals surface area contributed by atoms with Crippen LogP contribution in [0.15, 0.2) is 36.5 Å². The van der Waals surface area contributed by atoms with Crippen LogP contribution < -0.4 is 5.32 Å². The molecule has 0 radical (unpaired) electrons. The topological polar surface area (TPSA) is 24.9 Å². The molecule has 4 heteroatoms. The van der Waals surface area contributed by atoms with Crippen molar-refractivity contribution in [2.24, 2.45) is 0 Å². The van der Waals surface area contributed by atoms with Crippen LogP contribution in [0.25, 0.3) is 0 Å². The molecule has 2 aromatic rings. The Morgan fingerprint density at radius 3 is 2.81 bits per heavy atom. The van der Waals surface area contributed by atoms with Crippen molar-refractivity contribution in [1.29, 1.82) is 0 Å². The van der Waals surface area contributed by atoms with E-state index in [2.05, 4.69) is 17.2 Å². The van der Waals surface area contributed by atoms with Crippen LogP contribution in [-0.2, 0) is 6.42 Å². The van der Waals surface area contributed by atoms with Crippen molar-refractivity contribution < 1.29 is 4.39 Å². The van der Waals surface area contributed by atoms with Crippen molar-refractivity contribution in [2.45, 2.75) is 32.7 Å². The van der Waals surface area contributed by atoms with Gasteiger partial charge < -0.3 is 5.32 Å². The molecule has 1 aromatic carbocycles. The number of nitrogens with zero attached hydrogens (tertiary/aromatic N) is 1. The van der Waals surface area contributed by atoms with E-state index in [0.717, 1.165) is 36.2 Å². The molecule has 21 heavy (non-hydrogen) atoms. The highest BCUT2D eigenvalue weighted by atomic mass is 35.5. The Morgan fingerprint density at radius 2 is 2.14 bits per heavy atom. The van der Waals surface area contributed by atoms with E-state index in [-0.39, 0.29) is 11.9 Å². The summed E-state index contributed by atoms with van der Waals surface area (Å²) in [5.74, 6) is -0.204. The zero-order chi connectivity index (χ0) is 15.2. The lowest BCUT2D eigenvalue weighted by atomic mass is 9.98. The fraction of sp³-hybridized carbons (Fsp3) is 0.353. The van der Waals surface area contributed by atoms with Crippen molar-refractivity contribution >= 4 is 11.6 Å². The van der Waals surface area contributed by atoms with Gasteiger partial charge in [-0.3, -0.25) is 4.98 Å². The van der Waals surface area contributed by atoms with E-state index in [1.165, 1.54) is 6.07 Å². The van der Waals surface area contributed by atoms with Crippen LogP contribution in [0.2, 0.25) is 5.02 Å². The van der Waals surface area contributed by atoms with Crippen molar-refractivity contribution in [3.05, 3.63) is 64.2 Å². The molecule has 1 heterocycles. The van der Waals surface area contributed by atoms with Gasteiger partial charge in [-0.1, -0.05) is 24.6 Å². The van der Waals surface area contributed by atoms with Gasteiger partial charge >= 0.3 is 0 Å². The molecule has 1 unspecified atom stereocenters. The first-order valence-electron chi connectivity index (χ1n) is 7.20. The molecule has 112 valence electrons. The number of aromatic nitrogens is 1. The molecule has 1 aromatic heterocycles. The third-order valence-electron chi connectivity index (χ3n) is 3.49. The van der Waals surface area contributed by atoms with E-state index < -0.39 is 0 Å². The lowest BCUT2D eigenvalue weighted by Gasteiger charge is -2.20. The first kappa shape index (κ1) is 15.9. The van der Waals surface area contributed by atoms with Crippen molar-refractivity contribution in [3.63, 3.8) is 0 Å². The summed E-state index contributed by atoms with van der Waals surface area (Å²) in [5.41, 5.74) is 2.90. The van der Waals surface area contributed by atoms with Crippen LogP contribution in [0.1, 0.15) is 36.2 Å². The maximum atomic E-state index is 13.2. The number of benzene rings is 1. The third kappa shape index (κ3) is 4.26. The van der Waals surface area contributed by atoms with Crippen molar-refractivity contribution in [3.8, 4) is 0 Å². The fourth-order valence-electron chi connectivity index (χ4n) is 2.35. The van der Waals surface area contributed by atoms with Crippen LogP contribution in [0.4, 0.5) is 4.39 Å². The van der Waals surface area contributed by atoms with Crippen LogP contribution in [-0.4, -0.2) is 11.5 Å². The van der Waals surface area contributed by atoms with E-state index in [1.54, 1.807) is 12.3 Å². The summed E-state index contributed by atoms with van der Waals surface area (Å²) in [4.78, 5) is 4.41. The van der Waals surface area contributed by atoms with E-state index in [9.17, 15) is 4.39 Å². The molecule has 1 atom stereocenters. The summed E-state index contributed by atoms with van der Waals surface area (Å²) in [7, 11) is 0. The summed E-state index contributed by atoms with van der Waals surface area (Å²) in [5, 5.41) is 4.13. The number of nitrogens with one attached hydrogen (secondary N) is 1. The summed E-state index contributed by atoms with van der Waals surface area (Å²) >= 11 is 6.27. The second-order valence-corrected chi connectivity index (χ2v) is 5.56. The molecule has 0 amide bonds. The molecule has 2 rings (SSSR count). The number of halogens is 2. The molecule has 0 aliphatic heterocycles. The molecule has 0 saturated heterocycles. The third-order valence-corrected chi connectivity index (χ3v) is 3.81. The van der Waals surface area contributed by atoms with Crippen LogP contribution in [0.3, 0.4) is 0 Å². The summed E-state index contributed by atoms with van der Waals surface area (Å²) in [6.45, 7) is 4.93. The maximum absolute atomic E-state index is 13.2. The SMILES string of the molecule is CCCNC(Cc1ccc(F)cc1C)c1ncccc1Cl. The zero-order valence-electron chi connectivity index (χ0n) is 12.4. The molecule has 1 N–H and O–H groups in total. The minimum absolute atomic E-state index is 0.0304. The van der Waals surface area contributed by atoms with E-state index >= 15 is 0 Å². The summed E-state index contributed by atoms with van der Waals surface area (Å²) in [6, 6.07) is 8.60. The van der Waals surface area contributed by atoms with Gasteiger partial charge in [0.15, 0.2) is 0 Å². The van der Waals surface area contributed by atoms with Gasteiger partial charge in [-0.15, -0.1) is 0 Å². The number of rotatable bonds is 6. The Labute approximate surface area is 130 Å². The summed E-state index contributed by atoms with van der Waals surface area (Å²) < 4.78 is 13.2.